The molecule has 1 spiro atoms. The van der Waals surface area contributed by atoms with Crippen LogP contribution in [0.4, 0.5) is 18.9 Å². The standard InChI is InChI=1S/C21H18ClF3N2O3/c22-13-5-6-16-15(11-13)20(19(29)26-16)7-9-27(10-8-20)18(28)12-30-17-4-2-1-3-14(17)21(23,24)25/h1-6,11H,7-10,12H2,(H,26,29). The Morgan fingerprint density at radius 3 is 2.57 bits per heavy atom. The van der Waals surface area contributed by atoms with Gasteiger partial charge in [0.25, 0.3) is 5.91 Å². The molecule has 2 heterocycles. The van der Waals surface area contributed by atoms with Gasteiger partial charge in [0.2, 0.25) is 5.91 Å². The number of hydrogen-bond donors (Lipinski definition) is 1. The maximum Gasteiger partial charge on any atom is 0.419 e. The molecule has 4 rings (SSSR count). The van der Waals surface area contributed by atoms with Gasteiger partial charge in [-0.25, -0.2) is 0 Å². The van der Waals surface area contributed by atoms with Gasteiger partial charge in [0.05, 0.1) is 11.0 Å². The van der Waals surface area contributed by atoms with Gasteiger partial charge in [-0.05, 0) is 48.7 Å². The van der Waals surface area contributed by atoms with Crippen LogP contribution >= 0.6 is 11.6 Å². The number of alkyl halides is 3. The van der Waals surface area contributed by atoms with Crippen molar-refractivity contribution in [2.45, 2.75) is 24.4 Å². The van der Waals surface area contributed by atoms with Gasteiger partial charge >= 0.3 is 6.18 Å². The molecule has 0 atom stereocenters. The van der Waals surface area contributed by atoms with E-state index in [9.17, 15) is 22.8 Å². The molecule has 0 aliphatic carbocycles. The molecular weight excluding hydrogens is 421 g/mol. The van der Waals surface area contributed by atoms with Gasteiger partial charge in [0.15, 0.2) is 6.61 Å². The van der Waals surface area contributed by atoms with E-state index in [0.717, 1.165) is 17.3 Å². The van der Waals surface area contributed by atoms with Crippen molar-refractivity contribution in [1.82, 2.24) is 4.90 Å². The quantitative estimate of drug-likeness (QED) is 0.779. The number of halogens is 4. The second-order valence-electron chi connectivity index (χ2n) is 7.39. The van der Waals surface area contributed by atoms with Gasteiger partial charge in [-0.15, -0.1) is 0 Å². The Labute approximate surface area is 175 Å². The zero-order valence-electron chi connectivity index (χ0n) is 15.8. The summed E-state index contributed by atoms with van der Waals surface area (Å²) >= 11 is 6.10. The predicted molar refractivity (Wildman–Crippen MR) is 105 cm³/mol. The molecule has 0 saturated carbocycles. The molecule has 9 heteroatoms. The van der Waals surface area contributed by atoms with Crippen molar-refractivity contribution in [2.75, 3.05) is 25.0 Å². The molecule has 0 bridgehead atoms. The summed E-state index contributed by atoms with van der Waals surface area (Å²) in [5.41, 5.74) is -0.133. The fraction of sp³-hybridized carbons (Fsp3) is 0.333. The number of likely N-dealkylation sites (tertiary alicyclic amines) is 1. The number of para-hydroxylation sites is 1. The average Bonchev–Trinajstić information content (AvgIpc) is 2.97. The fourth-order valence-corrected chi connectivity index (χ4v) is 4.25. The Balaban J connectivity index is 1.42. The number of carbonyl (C=O) groups excluding carboxylic acids is 2. The summed E-state index contributed by atoms with van der Waals surface area (Å²) < 4.78 is 44.4. The van der Waals surface area contributed by atoms with Crippen LogP contribution in [-0.2, 0) is 21.2 Å². The highest BCUT2D eigenvalue weighted by Gasteiger charge is 2.49. The summed E-state index contributed by atoms with van der Waals surface area (Å²) in [5, 5.41) is 3.39. The van der Waals surface area contributed by atoms with Crippen molar-refractivity contribution in [2.24, 2.45) is 0 Å². The fourth-order valence-electron chi connectivity index (χ4n) is 4.08. The molecule has 5 nitrogen and oxygen atoms in total. The average molecular weight is 439 g/mol. The number of benzene rings is 2. The number of carbonyl (C=O) groups is 2. The largest absolute Gasteiger partial charge is 0.483 e. The molecular formula is C21H18ClF3N2O3. The Kier molecular flexibility index (Phi) is 5.13. The summed E-state index contributed by atoms with van der Waals surface area (Å²) in [6.45, 7) is 0.0830. The lowest BCUT2D eigenvalue weighted by Crippen LogP contribution is -2.49. The molecule has 2 amide bonds. The molecule has 0 aromatic heterocycles. The molecule has 2 aromatic carbocycles. The highest BCUT2D eigenvalue weighted by molar-refractivity contribution is 6.31. The van der Waals surface area contributed by atoms with Crippen molar-refractivity contribution >= 4 is 29.1 Å². The Bertz CT molecular complexity index is 1000. The number of nitrogens with one attached hydrogen (secondary N) is 1. The maximum atomic E-state index is 13.1. The molecule has 158 valence electrons. The van der Waals surface area contributed by atoms with E-state index in [0.29, 0.717) is 31.0 Å². The number of rotatable bonds is 3. The van der Waals surface area contributed by atoms with Gasteiger partial charge in [-0.3, -0.25) is 9.59 Å². The normalized spacial score (nSPS) is 17.6. The van der Waals surface area contributed by atoms with Crippen molar-refractivity contribution in [1.29, 1.82) is 0 Å². The van der Waals surface area contributed by atoms with Crippen LogP contribution in [0.25, 0.3) is 0 Å². The first kappa shape index (κ1) is 20.5. The van der Waals surface area contributed by atoms with E-state index in [1.54, 1.807) is 18.2 Å². The molecule has 0 radical (unpaired) electrons. The van der Waals surface area contributed by atoms with Gasteiger partial charge in [0.1, 0.15) is 5.75 Å². The minimum absolute atomic E-state index is 0.123. The molecule has 2 aliphatic heterocycles. The van der Waals surface area contributed by atoms with E-state index in [1.807, 2.05) is 0 Å². The van der Waals surface area contributed by atoms with Crippen molar-refractivity contribution < 1.29 is 27.5 Å². The van der Waals surface area contributed by atoms with Crippen LogP contribution in [0.5, 0.6) is 5.75 Å². The summed E-state index contributed by atoms with van der Waals surface area (Å²) in [6, 6.07) is 10.0. The second-order valence-corrected chi connectivity index (χ2v) is 7.83. The first-order valence-corrected chi connectivity index (χ1v) is 9.77. The van der Waals surface area contributed by atoms with Gasteiger partial charge < -0.3 is 15.0 Å². The van der Waals surface area contributed by atoms with Crippen LogP contribution < -0.4 is 10.1 Å². The van der Waals surface area contributed by atoms with Crippen LogP contribution in [0.15, 0.2) is 42.5 Å². The third-order valence-corrected chi connectivity index (χ3v) is 5.93. The topological polar surface area (TPSA) is 58.6 Å². The molecule has 0 unspecified atom stereocenters. The lowest BCUT2D eigenvalue weighted by atomic mass is 9.73. The van der Waals surface area contributed by atoms with E-state index in [4.69, 9.17) is 16.3 Å². The lowest BCUT2D eigenvalue weighted by Gasteiger charge is -2.38. The summed E-state index contributed by atoms with van der Waals surface area (Å²) in [4.78, 5) is 26.7. The van der Waals surface area contributed by atoms with Gasteiger partial charge in [-0.1, -0.05) is 23.7 Å². The van der Waals surface area contributed by atoms with Crippen molar-refractivity contribution in [3.05, 3.63) is 58.6 Å². The molecule has 30 heavy (non-hydrogen) atoms. The number of ether oxygens (including phenoxy) is 1. The third kappa shape index (κ3) is 3.60. The lowest BCUT2D eigenvalue weighted by molar-refractivity contribution is -0.141. The van der Waals surface area contributed by atoms with Crippen molar-refractivity contribution in [3.63, 3.8) is 0 Å². The number of piperidine rings is 1. The van der Waals surface area contributed by atoms with Crippen LogP contribution in [0.3, 0.4) is 0 Å². The monoisotopic (exact) mass is 438 g/mol. The summed E-state index contributed by atoms with van der Waals surface area (Å²) in [5.74, 6) is -0.931. The molecule has 1 fully saturated rings. The summed E-state index contributed by atoms with van der Waals surface area (Å²) in [7, 11) is 0. The Morgan fingerprint density at radius 1 is 1.17 bits per heavy atom. The van der Waals surface area contributed by atoms with E-state index < -0.39 is 29.7 Å². The number of fused-ring (bicyclic) bond motifs is 2. The Morgan fingerprint density at radius 2 is 1.87 bits per heavy atom. The SMILES string of the molecule is O=C(COc1ccccc1C(F)(F)F)N1CCC2(CC1)C(=O)Nc1ccc(Cl)cc12. The van der Waals surface area contributed by atoms with E-state index >= 15 is 0 Å². The smallest absolute Gasteiger partial charge is 0.419 e. The zero-order chi connectivity index (χ0) is 21.5. The van der Waals surface area contributed by atoms with E-state index in [-0.39, 0.29) is 11.7 Å². The first-order chi connectivity index (χ1) is 14.2. The van der Waals surface area contributed by atoms with Crippen LogP contribution in [-0.4, -0.2) is 36.4 Å². The highest BCUT2D eigenvalue weighted by atomic mass is 35.5. The third-order valence-electron chi connectivity index (χ3n) is 5.69. The minimum Gasteiger partial charge on any atom is -0.483 e. The highest BCUT2D eigenvalue weighted by Crippen LogP contribution is 2.45. The first-order valence-electron chi connectivity index (χ1n) is 9.39. The van der Waals surface area contributed by atoms with Gasteiger partial charge in [-0.2, -0.15) is 13.2 Å². The second kappa shape index (κ2) is 7.50. The minimum atomic E-state index is -4.57. The zero-order valence-corrected chi connectivity index (χ0v) is 16.5. The number of anilines is 1. The predicted octanol–water partition coefficient (Wildman–Crippen LogP) is 4.25. The molecule has 1 N–H and O–H groups in total. The number of nitrogens with zero attached hydrogens (tertiary/aromatic N) is 1. The number of amides is 2. The Hall–Kier alpha value is -2.74. The molecule has 2 aliphatic rings. The van der Waals surface area contributed by atoms with Gasteiger partial charge in [0, 0.05) is 23.8 Å². The van der Waals surface area contributed by atoms with Crippen LogP contribution in [0.2, 0.25) is 5.02 Å². The molecule has 2 aromatic rings. The number of hydrogen-bond acceptors (Lipinski definition) is 3. The van der Waals surface area contributed by atoms with E-state index in [1.165, 1.54) is 23.1 Å². The summed E-state index contributed by atoms with van der Waals surface area (Å²) in [6.07, 6.45) is -3.77. The maximum absolute atomic E-state index is 13.1. The van der Waals surface area contributed by atoms with Crippen molar-refractivity contribution in [3.8, 4) is 5.75 Å². The van der Waals surface area contributed by atoms with Crippen LogP contribution in [0.1, 0.15) is 24.0 Å². The van der Waals surface area contributed by atoms with E-state index in [2.05, 4.69) is 5.32 Å². The van der Waals surface area contributed by atoms with Crippen LogP contribution in [0, 0.1) is 0 Å². The molecule has 1 saturated heterocycles.